The van der Waals surface area contributed by atoms with Crippen molar-refractivity contribution in [2.45, 2.75) is 11.8 Å². The van der Waals surface area contributed by atoms with Crippen molar-refractivity contribution >= 4 is 27.3 Å². The number of rotatable bonds is 5. The molecule has 3 aromatic rings. The second kappa shape index (κ2) is 7.37. The number of hydrogen-bond donors (Lipinski definition) is 2. The molecular formula is C19H17N3O3S. The van der Waals surface area contributed by atoms with E-state index in [-0.39, 0.29) is 10.8 Å². The average Bonchev–Trinajstić information content (AvgIpc) is 2.65. The van der Waals surface area contributed by atoms with Crippen molar-refractivity contribution in [3.05, 3.63) is 84.2 Å². The van der Waals surface area contributed by atoms with E-state index in [4.69, 9.17) is 0 Å². The van der Waals surface area contributed by atoms with E-state index in [0.29, 0.717) is 22.5 Å². The Bertz CT molecular complexity index is 1020. The fourth-order valence-corrected chi connectivity index (χ4v) is 3.57. The van der Waals surface area contributed by atoms with Gasteiger partial charge in [0, 0.05) is 11.8 Å². The lowest BCUT2D eigenvalue weighted by Crippen LogP contribution is -2.17. The summed E-state index contributed by atoms with van der Waals surface area (Å²) >= 11 is 0. The molecule has 0 atom stereocenters. The van der Waals surface area contributed by atoms with E-state index in [1.165, 1.54) is 18.3 Å². The Morgan fingerprint density at radius 3 is 2.42 bits per heavy atom. The number of carbonyl (C=O) groups is 1. The highest BCUT2D eigenvalue weighted by Crippen LogP contribution is 2.23. The number of hydrogen-bond acceptors (Lipinski definition) is 4. The number of sulfonamides is 1. The summed E-state index contributed by atoms with van der Waals surface area (Å²) in [5.41, 5.74) is 1.83. The summed E-state index contributed by atoms with van der Waals surface area (Å²) in [4.78, 5) is 16.6. The molecule has 0 aliphatic heterocycles. The molecule has 0 aliphatic rings. The van der Waals surface area contributed by atoms with Crippen LogP contribution < -0.4 is 10.0 Å². The van der Waals surface area contributed by atoms with Crippen LogP contribution in [0.4, 0.5) is 11.4 Å². The van der Waals surface area contributed by atoms with Crippen LogP contribution in [0.2, 0.25) is 0 Å². The van der Waals surface area contributed by atoms with Gasteiger partial charge in [-0.2, -0.15) is 0 Å². The molecule has 2 N–H and O–H groups in total. The summed E-state index contributed by atoms with van der Waals surface area (Å²) in [6, 6.07) is 16.4. The fourth-order valence-electron chi connectivity index (χ4n) is 2.43. The zero-order chi connectivity index (χ0) is 18.6. The molecule has 0 aliphatic carbocycles. The molecule has 1 amide bonds. The lowest BCUT2D eigenvalue weighted by Gasteiger charge is -2.14. The fraction of sp³-hybridized carbons (Fsp3) is 0.0526. The van der Waals surface area contributed by atoms with Crippen molar-refractivity contribution in [1.82, 2.24) is 4.98 Å². The molecule has 0 unspecified atom stereocenters. The largest absolute Gasteiger partial charge is 0.321 e. The Kier molecular flexibility index (Phi) is 4.99. The van der Waals surface area contributed by atoms with Gasteiger partial charge in [0.25, 0.3) is 15.9 Å². The van der Waals surface area contributed by atoms with Gasteiger partial charge in [0.2, 0.25) is 0 Å². The van der Waals surface area contributed by atoms with E-state index < -0.39 is 10.0 Å². The summed E-state index contributed by atoms with van der Waals surface area (Å²) < 4.78 is 27.6. The summed E-state index contributed by atoms with van der Waals surface area (Å²) in [5.74, 6) is -0.337. The molecule has 0 fully saturated rings. The number of nitrogens with zero attached hydrogens (tertiary/aromatic N) is 1. The van der Waals surface area contributed by atoms with E-state index in [0.717, 1.165) is 0 Å². The van der Waals surface area contributed by atoms with Crippen molar-refractivity contribution in [3.8, 4) is 0 Å². The molecule has 0 saturated carbocycles. The second-order valence-electron chi connectivity index (χ2n) is 5.59. The van der Waals surface area contributed by atoms with Gasteiger partial charge in [-0.3, -0.25) is 14.5 Å². The second-order valence-corrected chi connectivity index (χ2v) is 7.27. The van der Waals surface area contributed by atoms with Crippen LogP contribution in [0.3, 0.4) is 0 Å². The Labute approximate surface area is 152 Å². The molecule has 2 aromatic carbocycles. The Hall–Kier alpha value is -3.19. The molecule has 1 heterocycles. The van der Waals surface area contributed by atoms with Crippen LogP contribution in [0.25, 0.3) is 0 Å². The Morgan fingerprint density at radius 1 is 0.962 bits per heavy atom. The first-order chi connectivity index (χ1) is 12.5. The van der Waals surface area contributed by atoms with Crippen LogP contribution in [0.5, 0.6) is 0 Å². The SMILES string of the molecule is Cc1c(NS(=O)(=O)c2ccccc2)cccc1C(=O)Nc1cccnc1. The number of pyridine rings is 1. The molecule has 0 bridgehead atoms. The van der Waals surface area contributed by atoms with E-state index in [1.807, 2.05) is 0 Å². The molecule has 132 valence electrons. The predicted molar refractivity (Wildman–Crippen MR) is 101 cm³/mol. The lowest BCUT2D eigenvalue weighted by atomic mass is 10.1. The molecule has 0 saturated heterocycles. The maximum Gasteiger partial charge on any atom is 0.261 e. The molecule has 7 heteroatoms. The van der Waals surface area contributed by atoms with Crippen molar-refractivity contribution in [2.75, 3.05) is 10.0 Å². The van der Waals surface area contributed by atoms with Gasteiger partial charge in [-0.1, -0.05) is 24.3 Å². The van der Waals surface area contributed by atoms with Gasteiger partial charge in [-0.25, -0.2) is 8.42 Å². The van der Waals surface area contributed by atoms with Crippen molar-refractivity contribution in [1.29, 1.82) is 0 Å². The van der Waals surface area contributed by atoms with Gasteiger partial charge in [-0.15, -0.1) is 0 Å². The van der Waals surface area contributed by atoms with Crippen LogP contribution in [0, 0.1) is 6.92 Å². The summed E-state index contributed by atoms with van der Waals surface area (Å²) in [7, 11) is -3.73. The van der Waals surface area contributed by atoms with Crippen molar-refractivity contribution in [2.24, 2.45) is 0 Å². The average molecular weight is 367 g/mol. The zero-order valence-corrected chi connectivity index (χ0v) is 14.8. The van der Waals surface area contributed by atoms with Gasteiger partial charge in [0.05, 0.1) is 22.5 Å². The first kappa shape index (κ1) is 17.6. The van der Waals surface area contributed by atoms with Gasteiger partial charge in [-0.05, 0) is 48.9 Å². The lowest BCUT2D eigenvalue weighted by molar-refractivity contribution is 0.102. The first-order valence-electron chi connectivity index (χ1n) is 7.86. The van der Waals surface area contributed by atoms with E-state index in [1.54, 1.807) is 61.7 Å². The normalized spacial score (nSPS) is 11.0. The van der Waals surface area contributed by atoms with E-state index in [2.05, 4.69) is 15.0 Å². The summed E-state index contributed by atoms with van der Waals surface area (Å²) in [6.45, 7) is 1.70. The minimum absolute atomic E-state index is 0.157. The minimum atomic E-state index is -3.73. The first-order valence-corrected chi connectivity index (χ1v) is 9.34. The van der Waals surface area contributed by atoms with Crippen LogP contribution >= 0.6 is 0 Å². The Balaban J connectivity index is 1.87. The topological polar surface area (TPSA) is 88.2 Å². The molecule has 6 nitrogen and oxygen atoms in total. The highest BCUT2D eigenvalue weighted by atomic mass is 32.2. The number of nitrogens with one attached hydrogen (secondary N) is 2. The summed E-state index contributed by atoms with van der Waals surface area (Å²) in [6.07, 6.45) is 3.15. The molecule has 1 aromatic heterocycles. The number of amides is 1. The maximum atomic E-state index is 12.5. The number of anilines is 2. The number of aromatic nitrogens is 1. The van der Waals surface area contributed by atoms with E-state index >= 15 is 0 Å². The summed E-state index contributed by atoms with van der Waals surface area (Å²) in [5, 5.41) is 2.74. The smallest absolute Gasteiger partial charge is 0.261 e. The standard InChI is InChI=1S/C19H17N3O3S/c1-14-17(19(23)21-15-7-6-12-20-13-15)10-5-11-18(14)22-26(24,25)16-8-3-2-4-9-16/h2-13,22H,1H3,(H,21,23). The molecule has 0 radical (unpaired) electrons. The van der Waals surface area contributed by atoms with E-state index in [9.17, 15) is 13.2 Å². The minimum Gasteiger partial charge on any atom is -0.321 e. The van der Waals surface area contributed by atoms with Crippen LogP contribution in [0.1, 0.15) is 15.9 Å². The van der Waals surface area contributed by atoms with Gasteiger partial charge < -0.3 is 5.32 Å². The molecule has 3 rings (SSSR count). The van der Waals surface area contributed by atoms with Crippen molar-refractivity contribution in [3.63, 3.8) is 0 Å². The number of benzene rings is 2. The van der Waals surface area contributed by atoms with Gasteiger partial charge in [0.1, 0.15) is 0 Å². The third-order valence-electron chi connectivity index (χ3n) is 3.80. The van der Waals surface area contributed by atoms with Gasteiger partial charge in [0.15, 0.2) is 0 Å². The number of carbonyl (C=O) groups excluding carboxylic acids is 1. The molecule has 26 heavy (non-hydrogen) atoms. The highest BCUT2D eigenvalue weighted by molar-refractivity contribution is 7.92. The highest BCUT2D eigenvalue weighted by Gasteiger charge is 2.17. The predicted octanol–water partition coefficient (Wildman–Crippen LogP) is 3.44. The molecular weight excluding hydrogens is 350 g/mol. The Morgan fingerprint density at radius 2 is 1.73 bits per heavy atom. The third-order valence-corrected chi connectivity index (χ3v) is 5.18. The van der Waals surface area contributed by atoms with Crippen LogP contribution in [-0.2, 0) is 10.0 Å². The third kappa shape index (κ3) is 3.89. The maximum absolute atomic E-state index is 12.5. The quantitative estimate of drug-likeness (QED) is 0.723. The van der Waals surface area contributed by atoms with Gasteiger partial charge >= 0.3 is 0 Å². The zero-order valence-electron chi connectivity index (χ0n) is 14.0. The van der Waals surface area contributed by atoms with Crippen LogP contribution in [-0.4, -0.2) is 19.3 Å². The van der Waals surface area contributed by atoms with Crippen molar-refractivity contribution < 1.29 is 13.2 Å². The van der Waals surface area contributed by atoms with Crippen LogP contribution in [0.15, 0.2) is 78.0 Å². The molecule has 0 spiro atoms. The monoisotopic (exact) mass is 367 g/mol.